The van der Waals surface area contributed by atoms with Crippen molar-refractivity contribution in [3.8, 4) is 0 Å². The molecule has 1 N–H and O–H groups in total. The molecule has 0 spiro atoms. The smallest absolute Gasteiger partial charge is 0.417 e. The Labute approximate surface area is 171 Å². The summed E-state index contributed by atoms with van der Waals surface area (Å²) in [7, 11) is 0. The molecule has 154 valence electrons. The number of imide groups is 1. The average Bonchev–Trinajstić information content (AvgIpc) is 3.15. The van der Waals surface area contributed by atoms with Crippen molar-refractivity contribution in [3.05, 3.63) is 71.8 Å². The zero-order chi connectivity index (χ0) is 20.6. The van der Waals surface area contributed by atoms with Gasteiger partial charge in [-0.25, -0.2) is 9.69 Å². The fourth-order valence-corrected chi connectivity index (χ4v) is 3.38. The molecule has 1 aliphatic heterocycles. The maximum Gasteiger partial charge on any atom is 0.417 e. The van der Waals surface area contributed by atoms with Crippen molar-refractivity contribution in [2.24, 2.45) is 5.92 Å². The first-order chi connectivity index (χ1) is 14.1. The second-order valence-electron chi connectivity index (χ2n) is 7.25. The predicted octanol–water partition coefficient (Wildman–Crippen LogP) is 3.70. The number of hydrogen-bond donors (Lipinski definition) is 1. The van der Waals surface area contributed by atoms with E-state index < -0.39 is 30.1 Å². The highest BCUT2D eigenvalue weighted by Crippen LogP contribution is 2.30. The number of hydrogen-bond acceptors (Lipinski definition) is 5. The summed E-state index contributed by atoms with van der Waals surface area (Å²) >= 11 is 0. The molecule has 0 radical (unpaired) electrons. The van der Waals surface area contributed by atoms with Crippen LogP contribution in [-0.4, -0.2) is 41.3 Å². The number of aliphatic hydroxyl groups is 1. The van der Waals surface area contributed by atoms with Crippen LogP contribution < -0.4 is 0 Å². The van der Waals surface area contributed by atoms with E-state index in [0.29, 0.717) is 26.1 Å². The minimum absolute atomic E-state index is 0.130. The summed E-state index contributed by atoms with van der Waals surface area (Å²) in [6.45, 7) is 2.78. The standard InChI is InChI=1S/C23H27NO5/c1-17(21(25)13-8-14-28-15-18-9-4-2-5-10-18)22(26)24-20(16-29-23(24)27)19-11-6-3-7-12-19/h2-7,9-12,17,20-21,25H,8,13-16H2,1H3/t17-,20+,21+/m0/s1. The Kier molecular flexibility index (Phi) is 7.38. The summed E-state index contributed by atoms with van der Waals surface area (Å²) < 4.78 is 10.7. The molecule has 0 bridgehead atoms. The van der Waals surface area contributed by atoms with Crippen molar-refractivity contribution in [3.63, 3.8) is 0 Å². The van der Waals surface area contributed by atoms with E-state index in [2.05, 4.69) is 0 Å². The van der Waals surface area contributed by atoms with Gasteiger partial charge in [-0.05, 0) is 24.0 Å². The third kappa shape index (κ3) is 5.43. The lowest BCUT2D eigenvalue weighted by Crippen LogP contribution is -2.41. The van der Waals surface area contributed by atoms with E-state index in [1.54, 1.807) is 6.92 Å². The zero-order valence-corrected chi connectivity index (χ0v) is 16.6. The molecule has 1 aliphatic rings. The molecule has 3 atom stereocenters. The van der Waals surface area contributed by atoms with Crippen LogP contribution in [0.4, 0.5) is 4.79 Å². The predicted molar refractivity (Wildman–Crippen MR) is 108 cm³/mol. The van der Waals surface area contributed by atoms with E-state index >= 15 is 0 Å². The van der Waals surface area contributed by atoms with Gasteiger partial charge in [-0.3, -0.25) is 4.79 Å². The van der Waals surface area contributed by atoms with Gasteiger partial charge in [-0.2, -0.15) is 0 Å². The highest BCUT2D eigenvalue weighted by Gasteiger charge is 2.41. The van der Waals surface area contributed by atoms with E-state index in [0.717, 1.165) is 16.0 Å². The van der Waals surface area contributed by atoms with Gasteiger partial charge >= 0.3 is 6.09 Å². The second-order valence-corrected chi connectivity index (χ2v) is 7.25. The molecule has 0 aromatic heterocycles. The Morgan fingerprint density at radius 1 is 1.17 bits per heavy atom. The molecule has 2 amide bonds. The zero-order valence-electron chi connectivity index (χ0n) is 16.6. The minimum Gasteiger partial charge on any atom is -0.446 e. The first kappa shape index (κ1) is 21.0. The first-order valence-electron chi connectivity index (χ1n) is 9.92. The molecule has 1 heterocycles. The topological polar surface area (TPSA) is 76.1 Å². The molecular weight excluding hydrogens is 370 g/mol. The van der Waals surface area contributed by atoms with Crippen molar-refractivity contribution < 1.29 is 24.2 Å². The SMILES string of the molecule is C[C@H](C(=O)N1C(=O)OC[C@@H]1c1ccccc1)[C@H](O)CCCOCc1ccccc1. The van der Waals surface area contributed by atoms with Crippen molar-refractivity contribution in [2.75, 3.05) is 13.2 Å². The molecule has 0 aliphatic carbocycles. The van der Waals surface area contributed by atoms with Crippen LogP contribution in [0.5, 0.6) is 0 Å². The van der Waals surface area contributed by atoms with Crippen LogP contribution in [0, 0.1) is 5.92 Å². The van der Waals surface area contributed by atoms with Gasteiger partial charge in [0.05, 0.1) is 18.6 Å². The van der Waals surface area contributed by atoms with Crippen LogP contribution in [0.3, 0.4) is 0 Å². The summed E-state index contributed by atoms with van der Waals surface area (Å²) in [5.41, 5.74) is 1.93. The minimum atomic E-state index is -0.854. The normalized spacial score (nSPS) is 18.3. The lowest BCUT2D eigenvalue weighted by atomic mass is 9.97. The molecule has 29 heavy (non-hydrogen) atoms. The fourth-order valence-electron chi connectivity index (χ4n) is 3.38. The van der Waals surface area contributed by atoms with Crippen LogP contribution in [0.15, 0.2) is 60.7 Å². The second kappa shape index (κ2) is 10.2. The van der Waals surface area contributed by atoms with Crippen LogP contribution in [0.1, 0.15) is 36.9 Å². The summed E-state index contributed by atoms with van der Waals surface area (Å²) in [5, 5.41) is 10.5. The molecule has 1 saturated heterocycles. The first-order valence-corrected chi connectivity index (χ1v) is 9.92. The van der Waals surface area contributed by atoms with Gasteiger partial charge in [0.2, 0.25) is 5.91 Å². The number of ether oxygens (including phenoxy) is 2. The fraction of sp³-hybridized carbons (Fsp3) is 0.391. The van der Waals surface area contributed by atoms with E-state index in [-0.39, 0.29) is 6.61 Å². The molecule has 0 saturated carbocycles. The monoisotopic (exact) mass is 397 g/mol. The maximum atomic E-state index is 12.9. The molecule has 6 heteroatoms. The van der Waals surface area contributed by atoms with E-state index in [9.17, 15) is 14.7 Å². The number of aliphatic hydroxyl groups excluding tert-OH is 1. The van der Waals surface area contributed by atoms with Gasteiger partial charge in [0.1, 0.15) is 12.6 Å². The summed E-state index contributed by atoms with van der Waals surface area (Å²) in [5.74, 6) is -1.12. The van der Waals surface area contributed by atoms with E-state index in [4.69, 9.17) is 9.47 Å². The third-order valence-electron chi connectivity index (χ3n) is 5.16. The summed E-state index contributed by atoms with van der Waals surface area (Å²) in [6.07, 6.45) is -0.472. The lowest BCUT2D eigenvalue weighted by Gasteiger charge is -2.25. The Balaban J connectivity index is 1.48. The Hall–Kier alpha value is -2.70. The third-order valence-corrected chi connectivity index (χ3v) is 5.16. The van der Waals surface area contributed by atoms with Crippen molar-refractivity contribution in [2.45, 2.75) is 38.5 Å². The van der Waals surface area contributed by atoms with Gasteiger partial charge in [0, 0.05) is 6.61 Å². The molecule has 2 aromatic carbocycles. The van der Waals surface area contributed by atoms with Gasteiger partial charge in [0.25, 0.3) is 0 Å². The highest BCUT2D eigenvalue weighted by molar-refractivity contribution is 5.95. The molecule has 3 rings (SSSR count). The summed E-state index contributed by atoms with van der Waals surface area (Å²) in [6, 6.07) is 18.7. The number of benzene rings is 2. The van der Waals surface area contributed by atoms with Gasteiger partial charge < -0.3 is 14.6 Å². The van der Waals surface area contributed by atoms with Gasteiger partial charge in [0.15, 0.2) is 0 Å². The van der Waals surface area contributed by atoms with Crippen molar-refractivity contribution in [1.29, 1.82) is 0 Å². The van der Waals surface area contributed by atoms with Crippen LogP contribution >= 0.6 is 0 Å². The molecule has 1 fully saturated rings. The number of nitrogens with zero attached hydrogens (tertiary/aromatic N) is 1. The summed E-state index contributed by atoms with van der Waals surface area (Å²) in [4.78, 5) is 26.2. The number of amides is 2. The van der Waals surface area contributed by atoms with Gasteiger partial charge in [-0.1, -0.05) is 67.6 Å². The number of carbonyl (C=O) groups excluding carboxylic acids is 2. The Morgan fingerprint density at radius 3 is 2.52 bits per heavy atom. The number of rotatable bonds is 9. The number of cyclic esters (lactones) is 1. The van der Waals surface area contributed by atoms with E-state index in [1.807, 2.05) is 60.7 Å². The highest BCUT2D eigenvalue weighted by atomic mass is 16.6. The number of carbonyl (C=O) groups is 2. The molecule has 0 unspecified atom stereocenters. The largest absolute Gasteiger partial charge is 0.446 e. The Bertz CT molecular complexity index is 795. The lowest BCUT2D eigenvalue weighted by molar-refractivity contribution is -0.136. The average molecular weight is 397 g/mol. The van der Waals surface area contributed by atoms with Crippen LogP contribution in [0.25, 0.3) is 0 Å². The quantitative estimate of drug-likeness (QED) is 0.653. The molecular formula is C23H27NO5. The molecule has 2 aromatic rings. The Morgan fingerprint density at radius 2 is 1.83 bits per heavy atom. The van der Waals surface area contributed by atoms with Gasteiger partial charge in [-0.15, -0.1) is 0 Å². The van der Waals surface area contributed by atoms with Crippen molar-refractivity contribution >= 4 is 12.0 Å². The molecule has 6 nitrogen and oxygen atoms in total. The van der Waals surface area contributed by atoms with E-state index in [1.165, 1.54) is 0 Å². The van der Waals surface area contributed by atoms with Crippen molar-refractivity contribution in [1.82, 2.24) is 4.90 Å². The van der Waals surface area contributed by atoms with Crippen LogP contribution in [-0.2, 0) is 20.9 Å². The van der Waals surface area contributed by atoms with Crippen LogP contribution in [0.2, 0.25) is 0 Å². The maximum absolute atomic E-state index is 12.9.